The Morgan fingerprint density at radius 1 is 1.53 bits per heavy atom. The van der Waals surface area contributed by atoms with E-state index >= 15 is 0 Å². The van der Waals surface area contributed by atoms with Crippen LogP contribution in [-0.2, 0) is 20.3 Å². The topological polar surface area (TPSA) is 72.6 Å². The average Bonchev–Trinajstić information content (AvgIpc) is 2.28. The van der Waals surface area contributed by atoms with E-state index in [4.69, 9.17) is 10.5 Å². The zero-order chi connectivity index (χ0) is 11.3. The van der Waals surface area contributed by atoms with Gasteiger partial charge < -0.3 is 15.4 Å². The summed E-state index contributed by atoms with van der Waals surface area (Å²) in [5, 5.41) is -0.452. The van der Waals surface area contributed by atoms with Crippen LogP contribution in [0.1, 0.15) is 6.92 Å². The summed E-state index contributed by atoms with van der Waals surface area (Å²) in [7, 11) is -1.15. The number of amides is 1. The van der Waals surface area contributed by atoms with Crippen LogP contribution >= 0.6 is 0 Å². The number of hydrogen-bond donors (Lipinski definition) is 1. The van der Waals surface area contributed by atoms with Crippen LogP contribution < -0.4 is 5.73 Å². The molecule has 1 amide bonds. The molecule has 88 valence electrons. The highest BCUT2D eigenvalue weighted by molar-refractivity contribution is 7.86. The number of ether oxygens (including phenoxy) is 1. The molecule has 2 unspecified atom stereocenters. The molecule has 1 saturated heterocycles. The number of morpholine rings is 1. The Balaban J connectivity index is 2.47. The lowest BCUT2D eigenvalue weighted by molar-refractivity contribution is -0.134. The van der Waals surface area contributed by atoms with Crippen molar-refractivity contribution >= 4 is 16.7 Å². The lowest BCUT2D eigenvalue weighted by Crippen LogP contribution is -2.46. The maximum absolute atomic E-state index is 11.9. The quantitative estimate of drug-likeness (QED) is 0.673. The first-order valence-electron chi connectivity index (χ1n) is 5.10. The second-order valence-corrected chi connectivity index (χ2v) is 5.33. The van der Waals surface area contributed by atoms with E-state index in [2.05, 4.69) is 0 Å². The molecule has 1 aliphatic heterocycles. The summed E-state index contributed by atoms with van der Waals surface area (Å²) in [5.74, 6) is 0.335. The molecular formula is C9H18N2O3S. The average molecular weight is 234 g/mol. The van der Waals surface area contributed by atoms with Gasteiger partial charge >= 0.3 is 0 Å². The molecular weight excluding hydrogens is 216 g/mol. The largest absolute Gasteiger partial charge is 0.378 e. The molecule has 15 heavy (non-hydrogen) atoms. The third kappa shape index (κ3) is 3.55. The zero-order valence-electron chi connectivity index (χ0n) is 8.98. The number of carbonyl (C=O) groups excluding carboxylic acids is 1. The number of carbonyl (C=O) groups is 1. The van der Waals surface area contributed by atoms with Crippen LogP contribution in [0.4, 0.5) is 0 Å². The molecule has 1 heterocycles. The number of nitrogens with zero attached hydrogens (tertiary/aromatic N) is 1. The molecule has 2 atom stereocenters. The zero-order valence-corrected chi connectivity index (χ0v) is 9.79. The number of rotatable bonds is 4. The smallest absolute Gasteiger partial charge is 0.238 e. The maximum atomic E-state index is 11.9. The van der Waals surface area contributed by atoms with Crippen molar-refractivity contribution in [2.75, 3.05) is 38.6 Å². The van der Waals surface area contributed by atoms with Gasteiger partial charge in [0.1, 0.15) is 5.25 Å². The van der Waals surface area contributed by atoms with Crippen molar-refractivity contribution in [2.45, 2.75) is 12.2 Å². The number of hydrogen-bond acceptors (Lipinski definition) is 4. The molecule has 0 saturated carbocycles. The van der Waals surface area contributed by atoms with E-state index in [0.717, 1.165) is 0 Å². The van der Waals surface area contributed by atoms with Crippen molar-refractivity contribution < 1.29 is 13.7 Å². The molecule has 0 bridgehead atoms. The Bertz CT molecular complexity index is 242. The van der Waals surface area contributed by atoms with Gasteiger partial charge in [0, 0.05) is 36.2 Å². The van der Waals surface area contributed by atoms with Crippen LogP contribution in [0, 0.1) is 0 Å². The molecule has 0 radical (unpaired) electrons. The summed E-state index contributed by atoms with van der Waals surface area (Å²) >= 11 is 0. The third-order valence-corrected chi connectivity index (χ3v) is 4.01. The molecule has 5 nitrogen and oxygen atoms in total. The summed E-state index contributed by atoms with van der Waals surface area (Å²) in [4.78, 5) is 13.6. The minimum atomic E-state index is -1.15. The minimum absolute atomic E-state index is 0.0508. The van der Waals surface area contributed by atoms with Crippen LogP contribution in [0.2, 0.25) is 0 Å². The Labute approximate surface area is 92.4 Å². The van der Waals surface area contributed by atoms with Crippen molar-refractivity contribution in [3.8, 4) is 0 Å². The fraction of sp³-hybridized carbons (Fsp3) is 0.889. The molecule has 1 fully saturated rings. The SMILES string of the molecule is CC(C(=O)N1CCOCC1)S(=O)CCN. The van der Waals surface area contributed by atoms with Crippen LogP contribution in [0.5, 0.6) is 0 Å². The van der Waals surface area contributed by atoms with E-state index in [1.807, 2.05) is 0 Å². The minimum Gasteiger partial charge on any atom is -0.378 e. The molecule has 1 aliphatic rings. The van der Waals surface area contributed by atoms with Gasteiger partial charge in [0.05, 0.1) is 13.2 Å². The summed E-state index contributed by atoms with van der Waals surface area (Å²) in [6, 6.07) is 0. The molecule has 2 N–H and O–H groups in total. The van der Waals surface area contributed by atoms with E-state index in [1.165, 1.54) is 0 Å². The fourth-order valence-electron chi connectivity index (χ4n) is 1.45. The Morgan fingerprint density at radius 2 is 2.13 bits per heavy atom. The van der Waals surface area contributed by atoms with Gasteiger partial charge in [-0.15, -0.1) is 0 Å². The molecule has 0 aliphatic carbocycles. The second kappa shape index (κ2) is 6.19. The summed E-state index contributed by atoms with van der Waals surface area (Å²) in [6.07, 6.45) is 0. The first-order valence-corrected chi connectivity index (χ1v) is 6.48. The predicted molar refractivity (Wildman–Crippen MR) is 58.9 cm³/mol. The van der Waals surface area contributed by atoms with Gasteiger partial charge in [0.25, 0.3) is 0 Å². The van der Waals surface area contributed by atoms with Gasteiger partial charge in [-0.3, -0.25) is 9.00 Å². The summed E-state index contributed by atoms with van der Waals surface area (Å²) < 4.78 is 16.7. The van der Waals surface area contributed by atoms with Gasteiger partial charge in [-0.05, 0) is 6.92 Å². The van der Waals surface area contributed by atoms with E-state index in [1.54, 1.807) is 11.8 Å². The van der Waals surface area contributed by atoms with Crippen molar-refractivity contribution in [1.29, 1.82) is 0 Å². The standard InChI is InChI=1S/C9H18N2O3S/c1-8(15(13)7-2-10)9(12)11-3-5-14-6-4-11/h8H,2-7,10H2,1H3. The van der Waals surface area contributed by atoms with Crippen molar-refractivity contribution in [1.82, 2.24) is 4.90 Å². The highest BCUT2D eigenvalue weighted by Gasteiger charge is 2.25. The van der Waals surface area contributed by atoms with Gasteiger partial charge in [-0.1, -0.05) is 0 Å². The maximum Gasteiger partial charge on any atom is 0.238 e. The van der Waals surface area contributed by atoms with Gasteiger partial charge in [0.2, 0.25) is 5.91 Å². The fourth-order valence-corrected chi connectivity index (χ4v) is 2.41. The van der Waals surface area contributed by atoms with Gasteiger partial charge in [-0.25, -0.2) is 0 Å². The lowest BCUT2D eigenvalue weighted by Gasteiger charge is -2.28. The van der Waals surface area contributed by atoms with E-state index in [-0.39, 0.29) is 5.91 Å². The van der Waals surface area contributed by atoms with E-state index in [0.29, 0.717) is 38.6 Å². The van der Waals surface area contributed by atoms with E-state index in [9.17, 15) is 9.00 Å². The second-order valence-electron chi connectivity index (χ2n) is 3.45. The molecule has 0 spiro atoms. The monoisotopic (exact) mass is 234 g/mol. The molecule has 0 aromatic carbocycles. The van der Waals surface area contributed by atoms with Crippen LogP contribution in [-0.4, -0.2) is 58.9 Å². The molecule has 0 aromatic heterocycles. The Kier molecular flexibility index (Phi) is 5.21. The Morgan fingerprint density at radius 3 is 2.67 bits per heavy atom. The van der Waals surface area contributed by atoms with Crippen LogP contribution in [0.15, 0.2) is 0 Å². The van der Waals surface area contributed by atoms with E-state index < -0.39 is 16.0 Å². The summed E-state index contributed by atoms with van der Waals surface area (Å²) in [6.45, 7) is 4.40. The predicted octanol–water partition coefficient (Wildman–Crippen LogP) is -1.06. The first-order chi connectivity index (χ1) is 7.16. The van der Waals surface area contributed by atoms with Crippen LogP contribution in [0.3, 0.4) is 0 Å². The molecule has 0 aromatic rings. The normalized spacial score (nSPS) is 21.1. The van der Waals surface area contributed by atoms with Crippen LogP contribution in [0.25, 0.3) is 0 Å². The first kappa shape index (κ1) is 12.6. The highest BCUT2D eigenvalue weighted by atomic mass is 32.2. The Hall–Kier alpha value is -0.460. The van der Waals surface area contributed by atoms with Gasteiger partial charge in [-0.2, -0.15) is 0 Å². The molecule has 6 heteroatoms. The highest BCUT2D eigenvalue weighted by Crippen LogP contribution is 2.05. The van der Waals surface area contributed by atoms with Crippen molar-refractivity contribution in [2.24, 2.45) is 5.73 Å². The number of nitrogens with two attached hydrogens (primary N) is 1. The lowest BCUT2D eigenvalue weighted by atomic mass is 10.3. The third-order valence-electron chi connectivity index (χ3n) is 2.38. The summed E-state index contributed by atoms with van der Waals surface area (Å²) in [5.41, 5.74) is 5.31. The van der Waals surface area contributed by atoms with Gasteiger partial charge in [0.15, 0.2) is 0 Å². The molecule has 1 rings (SSSR count). The van der Waals surface area contributed by atoms with Crippen molar-refractivity contribution in [3.05, 3.63) is 0 Å². The van der Waals surface area contributed by atoms with Crippen molar-refractivity contribution in [3.63, 3.8) is 0 Å².